The van der Waals surface area contributed by atoms with Gasteiger partial charge in [0.1, 0.15) is 17.4 Å². The van der Waals surface area contributed by atoms with Crippen molar-refractivity contribution in [1.82, 2.24) is 10.9 Å². The molecule has 0 unspecified atom stereocenters. The highest BCUT2D eigenvalue weighted by atomic mass is 35.5. The summed E-state index contributed by atoms with van der Waals surface area (Å²) >= 11 is 5.87. The van der Waals surface area contributed by atoms with Gasteiger partial charge in [0.15, 0.2) is 6.61 Å². The van der Waals surface area contributed by atoms with E-state index in [1.54, 1.807) is 25.1 Å². The zero-order valence-electron chi connectivity index (χ0n) is 12.5. The standard InChI is InChI=1S/C16H13ClF2N2O3/c1-9-4-13(2-3-14(9)17)24-8-15(22)20-21-16(23)10-5-11(18)7-12(19)6-10/h2-7H,8H2,1H3,(H,20,22)(H,21,23). The first-order valence-corrected chi connectivity index (χ1v) is 7.17. The minimum atomic E-state index is -0.895. The van der Waals surface area contributed by atoms with Crippen LogP contribution in [-0.4, -0.2) is 18.4 Å². The smallest absolute Gasteiger partial charge is 0.276 e. The van der Waals surface area contributed by atoms with Gasteiger partial charge in [-0.25, -0.2) is 8.78 Å². The lowest BCUT2D eigenvalue weighted by Gasteiger charge is -2.09. The molecule has 2 aromatic carbocycles. The van der Waals surface area contributed by atoms with E-state index in [2.05, 4.69) is 5.43 Å². The summed E-state index contributed by atoms with van der Waals surface area (Å²) in [6.07, 6.45) is 0. The third kappa shape index (κ3) is 4.92. The number of hydrogen-bond acceptors (Lipinski definition) is 3. The van der Waals surface area contributed by atoms with Crippen molar-refractivity contribution in [3.05, 3.63) is 64.2 Å². The van der Waals surface area contributed by atoms with Crippen LogP contribution in [0.25, 0.3) is 0 Å². The summed E-state index contributed by atoms with van der Waals surface area (Å²) in [5, 5.41) is 0.571. The van der Waals surface area contributed by atoms with Crippen molar-refractivity contribution < 1.29 is 23.1 Å². The molecule has 0 aliphatic heterocycles. The van der Waals surface area contributed by atoms with Gasteiger partial charge in [-0.05, 0) is 42.8 Å². The van der Waals surface area contributed by atoms with Crippen molar-refractivity contribution in [2.75, 3.05) is 6.61 Å². The Hall–Kier alpha value is -2.67. The van der Waals surface area contributed by atoms with Crippen LogP contribution in [0, 0.1) is 18.6 Å². The first-order valence-electron chi connectivity index (χ1n) is 6.79. The highest BCUT2D eigenvalue weighted by Gasteiger charge is 2.11. The van der Waals surface area contributed by atoms with Crippen molar-refractivity contribution in [1.29, 1.82) is 0 Å². The Labute approximate surface area is 141 Å². The maximum atomic E-state index is 13.0. The van der Waals surface area contributed by atoms with Crippen molar-refractivity contribution in [2.24, 2.45) is 0 Å². The summed E-state index contributed by atoms with van der Waals surface area (Å²) in [5.41, 5.74) is 4.64. The molecule has 0 aliphatic carbocycles. The van der Waals surface area contributed by atoms with Crippen LogP contribution in [0.4, 0.5) is 8.78 Å². The quantitative estimate of drug-likeness (QED) is 0.830. The third-order valence-corrected chi connectivity index (χ3v) is 3.36. The first-order chi connectivity index (χ1) is 11.3. The van der Waals surface area contributed by atoms with Gasteiger partial charge >= 0.3 is 0 Å². The Morgan fingerprint density at radius 1 is 1.08 bits per heavy atom. The van der Waals surface area contributed by atoms with Crippen molar-refractivity contribution in [3.63, 3.8) is 0 Å². The van der Waals surface area contributed by atoms with Crippen LogP contribution in [-0.2, 0) is 4.79 Å². The molecule has 2 rings (SSSR count). The molecule has 0 bridgehead atoms. The van der Waals surface area contributed by atoms with Gasteiger partial charge in [-0.3, -0.25) is 20.4 Å². The Morgan fingerprint density at radius 2 is 1.75 bits per heavy atom. The molecular weight excluding hydrogens is 342 g/mol. The van der Waals surface area contributed by atoms with E-state index in [-0.39, 0.29) is 12.2 Å². The van der Waals surface area contributed by atoms with Crippen LogP contribution in [0.3, 0.4) is 0 Å². The second-order valence-electron chi connectivity index (χ2n) is 4.86. The van der Waals surface area contributed by atoms with Gasteiger partial charge in [-0.15, -0.1) is 0 Å². The van der Waals surface area contributed by atoms with Gasteiger partial charge in [0.25, 0.3) is 11.8 Å². The number of carbonyl (C=O) groups excluding carboxylic acids is 2. The molecule has 0 saturated heterocycles. The van der Waals surface area contributed by atoms with Gasteiger partial charge < -0.3 is 4.74 Å². The zero-order chi connectivity index (χ0) is 17.7. The SMILES string of the molecule is Cc1cc(OCC(=O)NNC(=O)c2cc(F)cc(F)c2)ccc1Cl. The molecule has 0 atom stereocenters. The van der Waals surface area contributed by atoms with Gasteiger partial charge in [0, 0.05) is 16.7 Å². The number of nitrogens with one attached hydrogen (secondary N) is 2. The predicted octanol–water partition coefficient (Wildman–Crippen LogP) is 2.77. The Bertz CT molecular complexity index is 764. The number of ether oxygens (including phenoxy) is 1. The monoisotopic (exact) mass is 354 g/mol. The van der Waals surface area contributed by atoms with Gasteiger partial charge in [-0.2, -0.15) is 0 Å². The average molecular weight is 355 g/mol. The number of hydrogen-bond donors (Lipinski definition) is 2. The van der Waals surface area contributed by atoms with E-state index in [0.717, 1.165) is 17.7 Å². The first kappa shape index (κ1) is 17.7. The fourth-order valence-electron chi connectivity index (χ4n) is 1.78. The minimum Gasteiger partial charge on any atom is -0.484 e. The van der Waals surface area contributed by atoms with E-state index in [9.17, 15) is 18.4 Å². The van der Waals surface area contributed by atoms with E-state index in [1.165, 1.54) is 0 Å². The molecule has 2 amide bonds. The average Bonchev–Trinajstić information content (AvgIpc) is 2.52. The summed E-state index contributed by atoms with van der Waals surface area (Å²) in [7, 11) is 0. The molecular formula is C16H13ClF2N2O3. The summed E-state index contributed by atoms with van der Waals surface area (Å²) in [5.74, 6) is -2.86. The lowest BCUT2D eigenvalue weighted by Crippen LogP contribution is -2.43. The topological polar surface area (TPSA) is 67.4 Å². The lowest BCUT2D eigenvalue weighted by molar-refractivity contribution is -0.123. The molecule has 5 nitrogen and oxygen atoms in total. The van der Waals surface area contributed by atoms with Crippen LogP contribution < -0.4 is 15.6 Å². The molecule has 0 heterocycles. The molecule has 126 valence electrons. The van der Waals surface area contributed by atoms with Crippen LogP contribution in [0.5, 0.6) is 5.75 Å². The van der Waals surface area contributed by atoms with Crippen LogP contribution in [0.2, 0.25) is 5.02 Å². The largest absolute Gasteiger partial charge is 0.484 e. The molecule has 0 spiro atoms. The van der Waals surface area contributed by atoms with Crippen molar-refractivity contribution >= 4 is 23.4 Å². The molecule has 2 aromatic rings. The van der Waals surface area contributed by atoms with E-state index < -0.39 is 23.4 Å². The molecule has 0 aromatic heterocycles. The lowest BCUT2D eigenvalue weighted by atomic mass is 10.2. The Balaban J connectivity index is 1.84. The Morgan fingerprint density at radius 3 is 2.38 bits per heavy atom. The number of aryl methyl sites for hydroxylation is 1. The molecule has 8 heteroatoms. The van der Waals surface area contributed by atoms with Crippen LogP contribution in [0.15, 0.2) is 36.4 Å². The maximum absolute atomic E-state index is 13.0. The maximum Gasteiger partial charge on any atom is 0.276 e. The minimum absolute atomic E-state index is 0.262. The van der Waals surface area contributed by atoms with Crippen LogP contribution >= 0.6 is 11.6 Å². The summed E-state index contributed by atoms with van der Waals surface area (Å²) in [6, 6.07) is 7.21. The number of benzene rings is 2. The van der Waals surface area contributed by atoms with Gasteiger partial charge in [-0.1, -0.05) is 11.6 Å². The van der Waals surface area contributed by atoms with Crippen molar-refractivity contribution in [2.45, 2.75) is 6.92 Å². The van der Waals surface area contributed by atoms with Crippen LogP contribution in [0.1, 0.15) is 15.9 Å². The van der Waals surface area contributed by atoms with E-state index in [0.29, 0.717) is 16.8 Å². The second kappa shape index (κ2) is 7.74. The number of hydrazine groups is 1. The highest BCUT2D eigenvalue weighted by molar-refractivity contribution is 6.31. The highest BCUT2D eigenvalue weighted by Crippen LogP contribution is 2.20. The normalized spacial score (nSPS) is 10.2. The number of rotatable bonds is 4. The molecule has 2 N–H and O–H groups in total. The van der Waals surface area contributed by atoms with E-state index >= 15 is 0 Å². The fourth-order valence-corrected chi connectivity index (χ4v) is 1.89. The number of halogens is 3. The third-order valence-electron chi connectivity index (χ3n) is 2.94. The van der Waals surface area contributed by atoms with E-state index in [4.69, 9.17) is 16.3 Å². The molecule has 24 heavy (non-hydrogen) atoms. The zero-order valence-corrected chi connectivity index (χ0v) is 13.3. The summed E-state index contributed by atoms with van der Waals surface area (Å²) in [4.78, 5) is 23.3. The Kier molecular flexibility index (Phi) is 5.70. The summed E-state index contributed by atoms with van der Waals surface area (Å²) < 4.78 is 31.3. The molecule has 0 aliphatic rings. The second-order valence-corrected chi connectivity index (χ2v) is 5.27. The molecule has 0 radical (unpaired) electrons. The molecule has 0 fully saturated rings. The fraction of sp³-hybridized carbons (Fsp3) is 0.125. The summed E-state index contributed by atoms with van der Waals surface area (Å²) in [6.45, 7) is 1.42. The molecule has 0 saturated carbocycles. The number of carbonyl (C=O) groups is 2. The van der Waals surface area contributed by atoms with Gasteiger partial charge in [0.2, 0.25) is 0 Å². The van der Waals surface area contributed by atoms with Gasteiger partial charge in [0.05, 0.1) is 0 Å². The number of amides is 2. The van der Waals surface area contributed by atoms with Crippen molar-refractivity contribution in [3.8, 4) is 5.75 Å². The van der Waals surface area contributed by atoms with E-state index in [1.807, 2.05) is 5.43 Å². The predicted molar refractivity (Wildman–Crippen MR) is 83.7 cm³/mol.